The van der Waals surface area contributed by atoms with E-state index in [2.05, 4.69) is 5.32 Å². The Balaban J connectivity index is 1.74. The van der Waals surface area contributed by atoms with Crippen LogP contribution in [0.25, 0.3) is 0 Å². The van der Waals surface area contributed by atoms with E-state index in [9.17, 15) is 18.4 Å². The predicted molar refractivity (Wildman–Crippen MR) is 106 cm³/mol. The highest BCUT2D eigenvalue weighted by atomic mass is 19.1. The lowest BCUT2D eigenvalue weighted by atomic mass is 9.93. The fourth-order valence-corrected chi connectivity index (χ4v) is 3.72. The van der Waals surface area contributed by atoms with Gasteiger partial charge in [0.1, 0.15) is 11.6 Å². The molecule has 5 nitrogen and oxygen atoms in total. The molecule has 1 aliphatic rings. The normalized spacial score (nSPS) is 18.6. The van der Waals surface area contributed by atoms with Crippen molar-refractivity contribution in [2.45, 2.75) is 12.8 Å². The van der Waals surface area contributed by atoms with E-state index >= 15 is 0 Å². The molecule has 1 saturated heterocycles. The third kappa shape index (κ3) is 5.17. The lowest BCUT2D eigenvalue weighted by molar-refractivity contribution is -0.139. The van der Waals surface area contributed by atoms with Crippen LogP contribution in [0.2, 0.25) is 0 Å². The van der Waals surface area contributed by atoms with Crippen molar-refractivity contribution in [2.24, 2.45) is 17.6 Å². The molecule has 0 bridgehead atoms. The molecule has 0 saturated carbocycles. The first-order chi connectivity index (χ1) is 14.0. The Labute approximate surface area is 168 Å². The van der Waals surface area contributed by atoms with Crippen LogP contribution in [0, 0.1) is 23.5 Å². The zero-order valence-electron chi connectivity index (χ0n) is 16.1. The average molecular weight is 401 g/mol. The third-order valence-corrected chi connectivity index (χ3v) is 5.43. The number of hydrogen-bond acceptors (Lipinski definition) is 3. The number of amides is 2. The Morgan fingerprint density at radius 3 is 1.86 bits per heavy atom. The zero-order valence-corrected chi connectivity index (χ0v) is 16.1. The first-order valence-corrected chi connectivity index (χ1v) is 9.73. The number of halogens is 2. The summed E-state index contributed by atoms with van der Waals surface area (Å²) in [4.78, 5) is 26.5. The molecule has 1 fully saturated rings. The number of carbonyl (C=O) groups is 2. The highest BCUT2D eigenvalue weighted by Gasteiger charge is 2.38. The molecule has 2 aromatic carbocycles. The molecule has 3 N–H and O–H groups in total. The smallest absolute Gasteiger partial charge is 0.227 e. The van der Waals surface area contributed by atoms with E-state index in [0.717, 1.165) is 0 Å². The van der Waals surface area contributed by atoms with E-state index in [-0.39, 0.29) is 30.6 Å². The van der Waals surface area contributed by atoms with Gasteiger partial charge in [0.25, 0.3) is 0 Å². The van der Waals surface area contributed by atoms with E-state index in [1.54, 1.807) is 41.3 Å². The molecule has 29 heavy (non-hydrogen) atoms. The second-order valence-electron chi connectivity index (χ2n) is 7.28. The third-order valence-electron chi connectivity index (χ3n) is 5.43. The van der Waals surface area contributed by atoms with Crippen molar-refractivity contribution in [3.05, 3.63) is 71.3 Å². The quantitative estimate of drug-likeness (QED) is 0.710. The Hall–Kier alpha value is -2.80. The number of hydrogen-bond donors (Lipinski definition) is 2. The number of rotatable bonds is 8. The molecule has 0 spiro atoms. The van der Waals surface area contributed by atoms with Gasteiger partial charge in [-0.1, -0.05) is 36.4 Å². The summed E-state index contributed by atoms with van der Waals surface area (Å²) in [6.45, 7) is 1.27. The number of nitrogens with one attached hydrogen (secondary N) is 1. The Morgan fingerprint density at radius 1 is 0.897 bits per heavy atom. The Kier molecular flexibility index (Phi) is 6.93. The van der Waals surface area contributed by atoms with Crippen LogP contribution < -0.4 is 11.1 Å². The summed E-state index contributed by atoms with van der Waals surface area (Å²) in [6, 6.07) is 12.8. The second kappa shape index (κ2) is 9.60. The monoisotopic (exact) mass is 401 g/mol. The van der Waals surface area contributed by atoms with Crippen LogP contribution in [0.3, 0.4) is 0 Å². The van der Waals surface area contributed by atoms with Crippen LogP contribution in [0.15, 0.2) is 48.5 Å². The van der Waals surface area contributed by atoms with Gasteiger partial charge < -0.3 is 16.0 Å². The van der Waals surface area contributed by atoms with Gasteiger partial charge in [0.15, 0.2) is 0 Å². The highest BCUT2D eigenvalue weighted by molar-refractivity contribution is 5.88. The Bertz CT molecular complexity index is 825. The molecular weight excluding hydrogens is 376 g/mol. The summed E-state index contributed by atoms with van der Waals surface area (Å²) < 4.78 is 28.0. The van der Waals surface area contributed by atoms with E-state index in [1.807, 2.05) is 0 Å². The summed E-state index contributed by atoms with van der Waals surface area (Å²) in [5.74, 6) is -2.53. The van der Waals surface area contributed by atoms with Crippen molar-refractivity contribution in [3.8, 4) is 0 Å². The van der Waals surface area contributed by atoms with Crippen LogP contribution >= 0.6 is 0 Å². The van der Waals surface area contributed by atoms with Crippen molar-refractivity contribution in [1.29, 1.82) is 0 Å². The van der Waals surface area contributed by atoms with Gasteiger partial charge in [-0.2, -0.15) is 0 Å². The van der Waals surface area contributed by atoms with Gasteiger partial charge in [-0.15, -0.1) is 0 Å². The van der Waals surface area contributed by atoms with Crippen LogP contribution in [-0.4, -0.2) is 42.9 Å². The molecule has 2 aromatic rings. The Morgan fingerprint density at radius 2 is 1.38 bits per heavy atom. The van der Waals surface area contributed by atoms with Gasteiger partial charge in [-0.25, -0.2) is 8.78 Å². The standard InChI is InChI=1S/C22H25F2N3O2/c23-19-7-3-1-5-15(19)9-11-27(12-10-16-6-2-4-8-20(16)24)22(29)18-14-26-13-17(18)21(25)28/h1-8,17-18,26H,9-14H2,(H2,25,28). The first kappa shape index (κ1) is 20.9. The van der Waals surface area contributed by atoms with Gasteiger partial charge in [0.2, 0.25) is 11.8 Å². The molecule has 3 rings (SSSR count). The molecule has 2 amide bonds. The second-order valence-corrected chi connectivity index (χ2v) is 7.28. The van der Waals surface area contributed by atoms with Crippen molar-refractivity contribution in [3.63, 3.8) is 0 Å². The molecule has 7 heteroatoms. The van der Waals surface area contributed by atoms with E-state index in [1.165, 1.54) is 12.1 Å². The number of primary amides is 1. The number of nitrogens with two attached hydrogens (primary N) is 1. The van der Waals surface area contributed by atoms with Gasteiger partial charge in [-0.05, 0) is 36.1 Å². The van der Waals surface area contributed by atoms with E-state index in [4.69, 9.17) is 5.73 Å². The maximum Gasteiger partial charge on any atom is 0.227 e. The van der Waals surface area contributed by atoms with Crippen LogP contribution in [0.4, 0.5) is 8.78 Å². The fraction of sp³-hybridized carbons (Fsp3) is 0.364. The molecule has 0 aromatic heterocycles. The van der Waals surface area contributed by atoms with Gasteiger partial charge in [0.05, 0.1) is 11.8 Å². The highest BCUT2D eigenvalue weighted by Crippen LogP contribution is 2.20. The van der Waals surface area contributed by atoms with Gasteiger partial charge in [-0.3, -0.25) is 9.59 Å². The van der Waals surface area contributed by atoms with Crippen molar-refractivity contribution < 1.29 is 18.4 Å². The van der Waals surface area contributed by atoms with Crippen LogP contribution in [-0.2, 0) is 22.4 Å². The van der Waals surface area contributed by atoms with E-state index < -0.39 is 17.7 Å². The largest absolute Gasteiger partial charge is 0.369 e. The predicted octanol–water partition coefficient (Wildman–Crippen LogP) is 1.90. The number of carbonyl (C=O) groups excluding carboxylic acids is 2. The van der Waals surface area contributed by atoms with Gasteiger partial charge >= 0.3 is 0 Å². The number of nitrogens with zero attached hydrogens (tertiary/aromatic N) is 1. The van der Waals surface area contributed by atoms with Crippen molar-refractivity contribution in [2.75, 3.05) is 26.2 Å². The maximum atomic E-state index is 14.0. The van der Waals surface area contributed by atoms with Crippen LogP contribution in [0.5, 0.6) is 0 Å². The number of benzene rings is 2. The molecule has 0 aliphatic carbocycles. The summed E-state index contributed by atoms with van der Waals surface area (Å²) in [6.07, 6.45) is 0.661. The molecule has 0 radical (unpaired) electrons. The molecule has 1 aliphatic heterocycles. The molecular formula is C22H25F2N3O2. The summed E-state index contributed by atoms with van der Waals surface area (Å²) in [5.41, 5.74) is 6.46. The fourth-order valence-electron chi connectivity index (χ4n) is 3.72. The SMILES string of the molecule is NC(=O)C1CNCC1C(=O)N(CCc1ccccc1F)CCc1ccccc1F. The summed E-state index contributed by atoms with van der Waals surface area (Å²) >= 11 is 0. The average Bonchev–Trinajstić information content (AvgIpc) is 3.20. The first-order valence-electron chi connectivity index (χ1n) is 9.73. The van der Waals surface area contributed by atoms with Crippen LogP contribution in [0.1, 0.15) is 11.1 Å². The van der Waals surface area contributed by atoms with Gasteiger partial charge in [0, 0.05) is 26.2 Å². The molecule has 154 valence electrons. The summed E-state index contributed by atoms with van der Waals surface area (Å²) in [7, 11) is 0. The topological polar surface area (TPSA) is 75.4 Å². The molecule has 2 unspecified atom stereocenters. The van der Waals surface area contributed by atoms with Crippen molar-refractivity contribution in [1.82, 2.24) is 10.2 Å². The molecule has 1 heterocycles. The minimum Gasteiger partial charge on any atom is -0.369 e. The minimum atomic E-state index is -0.577. The maximum absolute atomic E-state index is 14.0. The minimum absolute atomic E-state index is 0.216. The van der Waals surface area contributed by atoms with Crippen molar-refractivity contribution >= 4 is 11.8 Å². The van der Waals surface area contributed by atoms with E-state index in [0.29, 0.717) is 37.1 Å². The lowest BCUT2D eigenvalue weighted by Crippen LogP contribution is -2.44. The summed E-state index contributed by atoms with van der Waals surface area (Å²) in [5, 5.41) is 3.04. The molecule has 2 atom stereocenters. The lowest BCUT2D eigenvalue weighted by Gasteiger charge is -2.27. The zero-order chi connectivity index (χ0) is 20.8.